The fraction of sp³-hybridized carbons (Fsp3) is 0.214. The maximum absolute atomic E-state index is 12.0. The fourth-order valence-corrected chi connectivity index (χ4v) is 2.88. The van der Waals surface area contributed by atoms with Crippen molar-refractivity contribution in [1.82, 2.24) is 5.32 Å². The zero-order valence-corrected chi connectivity index (χ0v) is 12.8. The minimum Gasteiger partial charge on any atom is -0.507 e. The summed E-state index contributed by atoms with van der Waals surface area (Å²) in [6, 6.07) is 9.10. The smallest absolute Gasteiger partial charge is 0.228 e. The molecule has 5 heteroatoms. The van der Waals surface area contributed by atoms with Crippen molar-refractivity contribution in [2.24, 2.45) is 0 Å². The van der Waals surface area contributed by atoms with E-state index in [2.05, 4.69) is 21.2 Å². The fourth-order valence-electron chi connectivity index (χ4n) is 1.67. The van der Waals surface area contributed by atoms with E-state index in [1.165, 1.54) is 0 Å². The van der Waals surface area contributed by atoms with Gasteiger partial charge in [0.2, 0.25) is 5.91 Å². The highest BCUT2D eigenvalue weighted by molar-refractivity contribution is 9.10. The number of thiophene rings is 1. The van der Waals surface area contributed by atoms with Crippen LogP contribution < -0.4 is 5.32 Å². The number of benzene rings is 1. The normalized spacial score (nSPS) is 12.1. The van der Waals surface area contributed by atoms with Gasteiger partial charge in [-0.05, 0) is 52.0 Å². The zero-order valence-electron chi connectivity index (χ0n) is 10.4. The number of phenols is 1. The van der Waals surface area contributed by atoms with Gasteiger partial charge in [-0.15, -0.1) is 11.3 Å². The van der Waals surface area contributed by atoms with E-state index in [0.29, 0.717) is 11.0 Å². The Morgan fingerprint density at radius 2 is 2.26 bits per heavy atom. The summed E-state index contributed by atoms with van der Waals surface area (Å²) in [4.78, 5) is 13.1. The van der Waals surface area contributed by atoms with Gasteiger partial charge in [-0.1, -0.05) is 12.1 Å². The van der Waals surface area contributed by atoms with Crippen LogP contribution in [0.3, 0.4) is 0 Å². The average molecular weight is 340 g/mol. The first-order valence-electron chi connectivity index (χ1n) is 5.86. The van der Waals surface area contributed by atoms with E-state index >= 15 is 0 Å². The van der Waals surface area contributed by atoms with Gasteiger partial charge in [0, 0.05) is 11.4 Å². The summed E-state index contributed by atoms with van der Waals surface area (Å²) in [5.41, 5.74) is 0.941. The van der Waals surface area contributed by atoms with Crippen molar-refractivity contribution < 1.29 is 9.90 Å². The van der Waals surface area contributed by atoms with E-state index in [9.17, 15) is 9.90 Å². The number of carbonyl (C=O) groups is 1. The lowest BCUT2D eigenvalue weighted by Crippen LogP contribution is -2.27. The van der Waals surface area contributed by atoms with E-state index in [1.54, 1.807) is 29.5 Å². The summed E-state index contributed by atoms with van der Waals surface area (Å²) in [6.07, 6.45) is 0. The van der Waals surface area contributed by atoms with Crippen molar-refractivity contribution in [2.45, 2.75) is 19.4 Å². The number of amides is 1. The van der Waals surface area contributed by atoms with E-state index in [1.807, 2.05) is 24.4 Å². The van der Waals surface area contributed by atoms with Gasteiger partial charge in [0.25, 0.3) is 0 Å². The van der Waals surface area contributed by atoms with Crippen molar-refractivity contribution in [3.63, 3.8) is 0 Å². The molecular formula is C14H14BrNO2S. The van der Waals surface area contributed by atoms with E-state index in [0.717, 1.165) is 10.4 Å². The van der Waals surface area contributed by atoms with Crippen LogP contribution in [-0.2, 0) is 11.3 Å². The van der Waals surface area contributed by atoms with E-state index in [-0.39, 0.29) is 17.6 Å². The molecule has 3 nitrogen and oxygen atoms in total. The van der Waals surface area contributed by atoms with Gasteiger partial charge < -0.3 is 10.4 Å². The van der Waals surface area contributed by atoms with Crippen LogP contribution in [0.4, 0.5) is 0 Å². The predicted molar refractivity (Wildman–Crippen MR) is 80.4 cm³/mol. The summed E-state index contributed by atoms with van der Waals surface area (Å²) in [5.74, 6) is 0.0641. The van der Waals surface area contributed by atoms with Crippen LogP contribution in [0.2, 0.25) is 0 Å². The van der Waals surface area contributed by atoms with E-state index < -0.39 is 0 Å². The Morgan fingerprint density at radius 3 is 2.89 bits per heavy atom. The summed E-state index contributed by atoms with van der Waals surface area (Å²) < 4.78 is 0.630. The number of phenolic OH excluding ortho intramolecular Hbond substituents is 1. The second-order valence-corrected chi connectivity index (χ2v) is 6.07. The molecule has 2 aromatic rings. The molecule has 0 spiro atoms. The molecule has 2 rings (SSSR count). The van der Waals surface area contributed by atoms with Gasteiger partial charge in [-0.2, -0.15) is 0 Å². The van der Waals surface area contributed by atoms with E-state index in [4.69, 9.17) is 0 Å². The van der Waals surface area contributed by atoms with Crippen LogP contribution >= 0.6 is 27.3 Å². The number of rotatable bonds is 4. The topological polar surface area (TPSA) is 49.3 Å². The number of hydrogen-bond donors (Lipinski definition) is 2. The van der Waals surface area contributed by atoms with Crippen molar-refractivity contribution >= 4 is 33.2 Å². The SMILES string of the molecule is C[C@@H](C(=O)NCc1ccc(O)c(Br)c1)c1cccs1. The van der Waals surface area contributed by atoms with Crippen molar-refractivity contribution in [3.8, 4) is 5.75 Å². The molecule has 1 atom stereocenters. The standard InChI is InChI=1S/C14H14BrNO2S/c1-9(13-3-2-6-19-13)14(18)16-8-10-4-5-12(17)11(15)7-10/h2-7,9,17H,8H2,1H3,(H,16,18)/t9-/m1/s1. The van der Waals surface area contributed by atoms with Gasteiger partial charge in [0.15, 0.2) is 0 Å². The highest BCUT2D eigenvalue weighted by Gasteiger charge is 2.15. The quantitative estimate of drug-likeness (QED) is 0.893. The van der Waals surface area contributed by atoms with Gasteiger partial charge >= 0.3 is 0 Å². The number of hydrogen-bond acceptors (Lipinski definition) is 3. The van der Waals surface area contributed by atoms with Crippen LogP contribution in [0.15, 0.2) is 40.2 Å². The first-order chi connectivity index (χ1) is 9.08. The Labute approximate surface area is 124 Å². The van der Waals surface area contributed by atoms with Crippen molar-refractivity contribution in [3.05, 3.63) is 50.6 Å². The Bertz CT molecular complexity index is 569. The molecule has 0 saturated heterocycles. The third-order valence-corrected chi connectivity index (χ3v) is 4.53. The second kappa shape index (κ2) is 6.21. The lowest BCUT2D eigenvalue weighted by Gasteiger charge is -2.11. The van der Waals surface area contributed by atoms with Gasteiger partial charge in [-0.25, -0.2) is 0 Å². The lowest BCUT2D eigenvalue weighted by molar-refractivity contribution is -0.122. The largest absolute Gasteiger partial charge is 0.507 e. The Hall–Kier alpha value is -1.33. The molecule has 0 saturated carbocycles. The van der Waals surface area contributed by atoms with Crippen molar-refractivity contribution in [1.29, 1.82) is 0 Å². The van der Waals surface area contributed by atoms with Crippen molar-refractivity contribution in [2.75, 3.05) is 0 Å². The Balaban J connectivity index is 1.95. The molecule has 0 unspecified atom stereocenters. The zero-order chi connectivity index (χ0) is 13.8. The first-order valence-corrected chi connectivity index (χ1v) is 7.53. The molecule has 19 heavy (non-hydrogen) atoms. The number of aromatic hydroxyl groups is 1. The molecule has 0 aliphatic carbocycles. The number of halogens is 1. The number of nitrogens with one attached hydrogen (secondary N) is 1. The van der Waals surface area contributed by atoms with Crippen LogP contribution in [0.5, 0.6) is 5.75 Å². The predicted octanol–water partition coefficient (Wildman–Crippen LogP) is 3.64. The van der Waals surface area contributed by atoms with Crippen LogP contribution in [0.25, 0.3) is 0 Å². The minimum absolute atomic E-state index is 0.00616. The highest BCUT2D eigenvalue weighted by Crippen LogP contribution is 2.24. The summed E-state index contributed by atoms with van der Waals surface area (Å²) in [7, 11) is 0. The maximum Gasteiger partial charge on any atom is 0.228 e. The molecule has 1 heterocycles. The summed E-state index contributed by atoms with van der Waals surface area (Å²) >= 11 is 4.84. The summed E-state index contributed by atoms with van der Waals surface area (Å²) in [5, 5.41) is 14.3. The Morgan fingerprint density at radius 1 is 1.47 bits per heavy atom. The average Bonchev–Trinajstić information content (AvgIpc) is 2.93. The summed E-state index contributed by atoms with van der Waals surface area (Å²) in [6.45, 7) is 2.35. The van der Waals surface area contributed by atoms with Gasteiger partial charge in [0.1, 0.15) is 5.75 Å². The third-order valence-electron chi connectivity index (χ3n) is 2.84. The molecular weight excluding hydrogens is 326 g/mol. The van der Waals surface area contributed by atoms with Crippen LogP contribution in [0, 0.1) is 0 Å². The third kappa shape index (κ3) is 3.58. The lowest BCUT2D eigenvalue weighted by atomic mass is 10.1. The molecule has 0 bridgehead atoms. The monoisotopic (exact) mass is 339 g/mol. The molecule has 1 aromatic heterocycles. The molecule has 100 valence electrons. The molecule has 0 fully saturated rings. The highest BCUT2D eigenvalue weighted by atomic mass is 79.9. The Kier molecular flexibility index (Phi) is 4.61. The molecule has 0 aliphatic heterocycles. The van der Waals surface area contributed by atoms with Crippen LogP contribution in [0.1, 0.15) is 23.3 Å². The molecule has 2 N–H and O–H groups in total. The molecule has 1 amide bonds. The van der Waals surface area contributed by atoms with Crippen LogP contribution in [-0.4, -0.2) is 11.0 Å². The second-order valence-electron chi connectivity index (χ2n) is 4.24. The molecule has 0 radical (unpaired) electrons. The minimum atomic E-state index is -0.138. The van der Waals surface area contributed by atoms with Gasteiger partial charge in [0.05, 0.1) is 10.4 Å². The van der Waals surface area contributed by atoms with Gasteiger partial charge in [-0.3, -0.25) is 4.79 Å². The molecule has 1 aromatic carbocycles. The maximum atomic E-state index is 12.0. The number of carbonyl (C=O) groups excluding carboxylic acids is 1. The first kappa shape index (κ1) is 14.1. The molecule has 0 aliphatic rings.